The third-order valence-electron chi connectivity index (χ3n) is 7.02. The molecule has 1 aromatic carbocycles. The Balaban J connectivity index is 0.00000205. The summed E-state index contributed by atoms with van der Waals surface area (Å²) in [7, 11) is 2.12. The highest BCUT2D eigenvalue weighted by molar-refractivity contribution is 14.0. The maximum Gasteiger partial charge on any atom is 0.194 e. The molecule has 3 unspecified atom stereocenters. The predicted molar refractivity (Wildman–Crippen MR) is 123 cm³/mol. The third-order valence-corrected chi connectivity index (χ3v) is 7.02. The van der Waals surface area contributed by atoms with Crippen molar-refractivity contribution in [3.8, 4) is 11.5 Å². The van der Waals surface area contributed by atoms with Crippen molar-refractivity contribution >= 4 is 29.9 Å². The van der Waals surface area contributed by atoms with Gasteiger partial charge in [-0.3, -0.25) is 4.99 Å². The zero-order valence-electron chi connectivity index (χ0n) is 17.4. The molecule has 5 rings (SSSR count). The lowest BCUT2D eigenvalue weighted by Gasteiger charge is -2.63. The minimum atomic E-state index is 0. The van der Waals surface area contributed by atoms with E-state index in [2.05, 4.69) is 36.3 Å². The van der Waals surface area contributed by atoms with E-state index in [0.29, 0.717) is 36.7 Å². The van der Waals surface area contributed by atoms with Crippen molar-refractivity contribution in [1.82, 2.24) is 10.2 Å². The molecule has 2 aliphatic carbocycles. The fourth-order valence-electron chi connectivity index (χ4n) is 5.56. The molecule has 7 heteroatoms. The van der Waals surface area contributed by atoms with Crippen LogP contribution in [0, 0.1) is 11.3 Å². The average Bonchev–Trinajstić information content (AvgIpc) is 3.08. The Bertz CT molecular complexity index is 768. The summed E-state index contributed by atoms with van der Waals surface area (Å²) in [5.41, 5.74) is 1.56. The van der Waals surface area contributed by atoms with Crippen molar-refractivity contribution in [3.63, 3.8) is 0 Å². The molecule has 4 aliphatic rings. The van der Waals surface area contributed by atoms with E-state index < -0.39 is 0 Å². The molecular formula is C22H32IN3O3. The molecule has 1 N–H and O–H groups in total. The van der Waals surface area contributed by atoms with Gasteiger partial charge in [0.05, 0.1) is 6.10 Å². The number of nitrogens with zero attached hydrogens (tertiary/aromatic N) is 2. The minimum absolute atomic E-state index is 0. The van der Waals surface area contributed by atoms with E-state index in [-0.39, 0.29) is 24.0 Å². The highest BCUT2D eigenvalue weighted by Gasteiger charge is 2.66. The SMILES string of the molecule is CCN=C(NC1C2CCOC2C12CCC2)N(C)Cc1ccc2c(c1)OCCO2.I. The van der Waals surface area contributed by atoms with E-state index in [1.807, 2.05) is 6.07 Å². The van der Waals surface area contributed by atoms with Gasteiger partial charge < -0.3 is 24.4 Å². The number of fused-ring (bicyclic) bond motifs is 3. The lowest BCUT2D eigenvalue weighted by atomic mass is 9.46. The fourth-order valence-corrected chi connectivity index (χ4v) is 5.56. The highest BCUT2D eigenvalue weighted by atomic mass is 127. The second-order valence-corrected chi connectivity index (χ2v) is 8.58. The molecule has 0 radical (unpaired) electrons. The van der Waals surface area contributed by atoms with Crippen molar-refractivity contribution < 1.29 is 14.2 Å². The Kier molecular flexibility index (Phi) is 6.16. The molecule has 1 aromatic rings. The van der Waals surface area contributed by atoms with Crippen molar-refractivity contribution in [2.24, 2.45) is 16.3 Å². The lowest BCUT2D eigenvalue weighted by molar-refractivity contribution is -0.171. The van der Waals surface area contributed by atoms with Crippen LogP contribution >= 0.6 is 24.0 Å². The van der Waals surface area contributed by atoms with E-state index in [1.165, 1.54) is 31.2 Å². The van der Waals surface area contributed by atoms with Crippen LogP contribution in [-0.4, -0.2) is 56.4 Å². The first-order valence-electron chi connectivity index (χ1n) is 10.7. The molecule has 2 heterocycles. The van der Waals surface area contributed by atoms with E-state index in [0.717, 1.165) is 37.2 Å². The van der Waals surface area contributed by atoms with Gasteiger partial charge in [-0.15, -0.1) is 24.0 Å². The zero-order valence-corrected chi connectivity index (χ0v) is 19.7. The van der Waals surface area contributed by atoms with Crippen molar-refractivity contribution in [2.45, 2.75) is 51.3 Å². The highest BCUT2D eigenvalue weighted by Crippen LogP contribution is 2.62. The van der Waals surface area contributed by atoms with Crippen LogP contribution in [0.1, 0.15) is 38.2 Å². The monoisotopic (exact) mass is 513 g/mol. The van der Waals surface area contributed by atoms with Crippen LogP contribution in [0.5, 0.6) is 11.5 Å². The van der Waals surface area contributed by atoms with Gasteiger partial charge in [0.25, 0.3) is 0 Å². The number of guanidine groups is 1. The van der Waals surface area contributed by atoms with Crippen LogP contribution in [0.25, 0.3) is 0 Å². The first kappa shape index (κ1) is 21.0. The number of hydrogen-bond acceptors (Lipinski definition) is 4. The summed E-state index contributed by atoms with van der Waals surface area (Å²) in [5.74, 6) is 3.33. The number of hydrogen-bond donors (Lipinski definition) is 1. The first-order chi connectivity index (χ1) is 13.7. The second-order valence-electron chi connectivity index (χ2n) is 8.58. The van der Waals surface area contributed by atoms with Crippen LogP contribution in [0.4, 0.5) is 0 Å². The van der Waals surface area contributed by atoms with Gasteiger partial charge in [0.2, 0.25) is 0 Å². The minimum Gasteiger partial charge on any atom is -0.486 e. The maximum atomic E-state index is 6.07. The molecule has 2 saturated carbocycles. The Morgan fingerprint density at radius 1 is 1.21 bits per heavy atom. The Morgan fingerprint density at radius 3 is 2.72 bits per heavy atom. The number of nitrogens with one attached hydrogen (secondary N) is 1. The average molecular weight is 513 g/mol. The molecule has 3 fully saturated rings. The summed E-state index contributed by atoms with van der Waals surface area (Å²) in [5, 5.41) is 3.84. The summed E-state index contributed by atoms with van der Waals surface area (Å²) >= 11 is 0. The summed E-state index contributed by atoms with van der Waals surface area (Å²) in [4.78, 5) is 7.03. The molecule has 160 valence electrons. The number of aliphatic imine (C=N–C) groups is 1. The van der Waals surface area contributed by atoms with Gasteiger partial charge in [0.1, 0.15) is 13.2 Å². The van der Waals surface area contributed by atoms with E-state index in [4.69, 9.17) is 19.2 Å². The number of halogens is 1. The number of benzene rings is 1. The molecule has 3 atom stereocenters. The Labute approximate surface area is 190 Å². The van der Waals surface area contributed by atoms with Crippen LogP contribution in [0.3, 0.4) is 0 Å². The zero-order chi connectivity index (χ0) is 19.1. The van der Waals surface area contributed by atoms with Gasteiger partial charge in [0, 0.05) is 44.1 Å². The summed E-state index contributed by atoms with van der Waals surface area (Å²) in [6.45, 7) is 5.82. The van der Waals surface area contributed by atoms with Crippen molar-refractivity contribution in [1.29, 1.82) is 0 Å². The summed E-state index contributed by atoms with van der Waals surface area (Å²) in [6.07, 6.45) is 5.56. The van der Waals surface area contributed by atoms with Crippen LogP contribution in [-0.2, 0) is 11.3 Å². The topological polar surface area (TPSA) is 55.3 Å². The quantitative estimate of drug-likeness (QED) is 0.380. The fraction of sp³-hybridized carbons (Fsp3) is 0.682. The van der Waals surface area contributed by atoms with Crippen molar-refractivity contribution in [2.75, 3.05) is 33.4 Å². The van der Waals surface area contributed by atoms with Crippen LogP contribution < -0.4 is 14.8 Å². The Morgan fingerprint density at radius 2 is 2.00 bits per heavy atom. The number of ether oxygens (including phenoxy) is 3. The summed E-state index contributed by atoms with van der Waals surface area (Å²) in [6, 6.07) is 6.72. The first-order valence-corrected chi connectivity index (χ1v) is 10.7. The molecule has 2 aliphatic heterocycles. The molecule has 1 saturated heterocycles. The van der Waals surface area contributed by atoms with E-state index >= 15 is 0 Å². The number of rotatable bonds is 4. The lowest BCUT2D eigenvalue weighted by Crippen LogP contribution is -2.72. The predicted octanol–water partition coefficient (Wildman–Crippen LogP) is 3.43. The van der Waals surface area contributed by atoms with Gasteiger partial charge in [-0.2, -0.15) is 0 Å². The molecule has 6 nitrogen and oxygen atoms in total. The standard InChI is InChI=1S/C22H31N3O3.HI/c1-3-23-21(24-19-16-7-10-28-20(16)22(19)8-4-9-22)25(2)14-15-5-6-17-18(13-15)27-12-11-26-17;/h5-6,13,16,19-20H,3-4,7-12,14H2,1-2H3,(H,23,24);1H. The molecular weight excluding hydrogens is 481 g/mol. The van der Waals surface area contributed by atoms with Gasteiger partial charge in [0.15, 0.2) is 17.5 Å². The third kappa shape index (κ3) is 3.58. The second kappa shape index (κ2) is 8.49. The molecule has 0 bridgehead atoms. The summed E-state index contributed by atoms with van der Waals surface area (Å²) < 4.78 is 17.4. The molecule has 1 spiro atoms. The van der Waals surface area contributed by atoms with Gasteiger partial charge in [-0.1, -0.05) is 12.5 Å². The van der Waals surface area contributed by atoms with Gasteiger partial charge in [-0.25, -0.2) is 0 Å². The van der Waals surface area contributed by atoms with Gasteiger partial charge >= 0.3 is 0 Å². The maximum absolute atomic E-state index is 6.07. The van der Waals surface area contributed by atoms with Crippen LogP contribution in [0.2, 0.25) is 0 Å². The van der Waals surface area contributed by atoms with E-state index in [9.17, 15) is 0 Å². The smallest absolute Gasteiger partial charge is 0.194 e. The van der Waals surface area contributed by atoms with E-state index in [1.54, 1.807) is 0 Å². The molecule has 0 amide bonds. The Hall–Kier alpha value is -1.22. The largest absolute Gasteiger partial charge is 0.486 e. The molecule has 0 aromatic heterocycles. The molecule has 29 heavy (non-hydrogen) atoms. The van der Waals surface area contributed by atoms with Gasteiger partial charge in [-0.05, 0) is 43.9 Å². The van der Waals surface area contributed by atoms with Crippen molar-refractivity contribution in [3.05, 3.63) is 23.8 Å². The van der Waals surface area contributed by atoms with Crippen LogP contribution in [0.15, 0.2) is 23.2 Å². The normalized spacial score (nSPS) is 28.6.